The van der Waals surface area contributed by atoms with Gasteiger partial charge in [0, 0.05) is 11.5 Å². The second-order valence-electron chi connectivity index (χ2n) is 8.99. The number of anilines is 2. The van der Waals surface area contributed by atoms with Crippen molar-refractivity contribution in [2.45, 2.75) is 58.2 Å². The lowest BCUT2D eigenvalue weighted by Gasteiger charge is -2.20. The van der Waals surface area contributed by atoms with Gasteiger partial charge >= 0.3 is 12.3 Å². The molecule has 196 valence electrons. The van der Waals surface area contributed by atoms with Gasteiger partial charge in [0.2, 0.25) is 11.7 Å². The number of rotatable bonds is 6. The quantitative estimate of drug-likeness (QED) is 0.369. The van der Waals surface area contributed by atoms with Gasteiger partial charge in [-0.05, 0) is 44.9 Å². The fourth-order valence-electron chi connectivity index (χ4n) is 4.37. The van der Waals surface area contributed by atoms with Crippen LogP contribution in [0.15, 0.2) is 47.1 Å². The fourth-order valence-corrected chi connectivity index (χ4v) is 4.37. The molecule has 1 atom stereocenters. The molecule has 8 nitrogen and oxygen atoms in total. The van der Waals surface area contributed by atoms with E-state index in [0.29, 0.717) is 17.1 Å². The zero-order chi connectivity index (χ0) is 26.6. The summed E-state index contributed by atoms with van der Waals surface area (Å²) in [7, 11) is 0. The normalized spacial score (nSPS) is 15.2. The zero-order valence-corrected chi connectivity index (χ0v) is 20.4. The van der Waals surface area contributed by atoms with Crippen LogP contribution in [-0.4, -0.2) is 22.1 Å². The molecule has 0 bridgehead atoms. The number of halogens is 3. The Morgan fingerprint density at radius 1 is 1.08 bits per heavy atom. The van der Waals surface area contributed by atoms with E-state index in [2.05, 4.69) is 20.8 Å². The van der Waals surface area contributed by atoms with Crippen molar-refractivity contribution in [3.05, 3.63) is 59.4 Å². The molecule has 1 aromatic carbocycles. The Labute approximate surface area is 211 Å². The van der Waals surface area contributed by atoms with Gasteiger partial charge in [-0.2, -0.15) is 13.2 Å². The van der Waals surface area contributed by atoms with Crippen LogP contribution in [-0.2, 0) is 15.7 Å². The summed E-state index contributed by atoms with van der Waals surface area (Å²) < 4.78 is 50.6. The molecule has 0 spiro atoms. The first-order chi connectivity index (χ1) is 17.6. The molecule has 0 aliphatic heterocycles. The molecule has 11 heteroatoms. The zero-order valence-electron chi connectivity index (χ0n) is 20.4. The van der Waals surface area contributed by atoms with Crippen LogP contribution in [0.25, 0.3) is 11.5 Å². The Hall–Kier alpha value is -3.89. The summed E-state index contributed by atoms with van der Waals surface area (Å²) in [5, 5.41) is 9.23. The van der Waals surface area contributed by atoms with Crippen molar-refractivity contribution >= 4 is 23.4 Å². The number of nitrogens with zero attached hydrogens (tertiary/aromatic N) is 2. The summed E-state index contributed by atoms with van der Waals surface area (Å²) in [6.07, 6.45) is -0.262. The maximum Gasteiger partial charge on any atom is 0.416 e. The van der Waals surface area contributed by atoms with Crippen LogP contribution < -0.4 is 10.6 Å². The van der Waals surface area contributed by atoms with E-state index in [4.69, 9.17) is 9.26 Å². The molecule has 2 aromatic heterocycles. The van der Waals surface area contributed by atoms with E-state index in [1.54, 1.807) is 19.1 Å². The smallest absolute Gasteiger partial charge is 0.416 e. The van der Waals surface area contributed by atoms with E-state index in [0.717, 1.165) is 38.2 Å². The molecule has 0 unspecified atom stereocenters. The lowest BCUT2D eigenvalue weighted by atomic mass is 9.88. The summed E-state index contributed by atoms with van der Waals surface area (Å²) in [5.41, 5.74) is 0.320. The monoisotopic (exact) mass is 516 g/mol. The van der Waals surface area contributed by atoms with Gasteiger partial charge in [0.15, 0.2) is 0 Å². The third-order valence-corrected chi connectivity index (χ3v) is 6.32. The summed E-state index contributed by atoms with van der Waals surface area (Å²) >= 11 is 0. The SMILES string of the molecule is Cc1noc(-c2ccc(NC(=O)C3CCCCC3)cn2)c1NC(=O)O[C@@H](C)c1ccccc1C(F)(F)F. The molecule has 3 aromatic rings. The number of hydrogen-bond donors (Lipinski definition) is 2. The third-order valence-electron chi connectivity index (χ3n) is 6.32. The molecule has 0 radical (unpaired) electrons. The molecule has 2 heterocycles. The summed E-state index contributed by atoms with van der Waals surface area (Å²) in [6, 6.07) is 8.18. The lowest BCUT2D eigenvalue weighted by Crippen LogP contribution is -2.24. The van der Waals surface area contributed by atoms with Crippen molar-refractivity contribution in [1.29, 1.82) is 0 Å². The minimum Gasteiger partial charge on any atom is -0.441 e. The molecule has 37 heavy (non-hydrogen) atoms. The molecule has 1 fully saturated rings. The van der Waals surface area contributed by atoms with Crippen molar-refractivity contribution in [3.63, 3.8) is 0 Å². The van der Waals surface area contributed by atoms with Crippen LogP contribution in [0, 0.1) is 12.8 Å². The maximum absolute atomic E-state index is 13.3. The van der Waals surface area contributed by atoms with Crippen molar-refractivity contribution < 1.29 is 32.0 Å². The van der Waals surface area contributed by atoms with Crippen molar-refractivity contribution in [1.82, 2.24) is 10.1 Å². The number of aromatic nitrogens is 2. The first kappa shape index (κ1) is 26.2. The number of hydrogen-bond acceptors (Lipinski definition) is 6. The molecule has 1 saturated carbocycles. The fraction of sp³-hybridized carbons (Fsp3) is 0.385. The molecule has 0 saturated heterocycles. The number of nitrogens with one attached hydrogen (secondary N) is 2. The van der Waals surface area contributed by atoms with Gasteiger partial charge in [-0.25, -0.2) is 4.79 Å². The highest BCUT2D eigenvalue weighted by Crippen LogP contribution is 2.36. The standard InChI is InChI=1S/C26H27F3N4O4/c1-15-22(32-25(35)36-16(2)19-10-6-7-11-20(19)26(27,28)29)23(37-33-15)21-13-12-18(14-30-21)31-24(34)17-8-4-3-5-9-17/h6-7,10-14,16-17H,3-5,8-9H2,1-2H3,(H,31,34)(H,32,35)/t16-/m0/s1. The predicted octanol–water partition coefficient (Wildman–Crippen LogP) is 6.89. The molecule has 1 aliphatic rings. The van der Waals surface area contributed by atoms with E-state index in [-0.39, 0.29) is 28.8 Å². The van der Waals surface area contributed by atoms with E-state index >= 15 is 0 Å². The average molecular weight is 517 g/mol. The van der Waals surface area contributed by atoms with Crippen molar-refractivity contribution in [2.24, 2.45) is 5.92 Å². The minimum atomic E-state index is -4.59. The Kier molecular flexibility index (Phi) is 7.80. The average Bonchev–Trinajstić information content (AvgIpc) is 3.24. The highest BCUT2D eigenvalue weighted by Gasteiger charge is 2.35. The summed E-state index contributed by atoms with van der Waals surface area (Å²) in [6.45, 7) is 2.94. The third kappa shape index (κ3) is 6.28. The number of pyridine rings is 1. The van der Waals surface area contributed by atoms with Crippen molar-refractivity contribution in [3.8, 4) is 11.5 Å². The van der Waals surface area contributed by atoms with Crippen LogP contribution in [0.4, 0.5) is 29.3 Å². The largest absolute Gasteiger partial charge is 0.441 e. The lowest BCUT2D eigenvalue weighted by molar-refractivity contribution is -0.139. The van der Waals surface area contributed by atoms with Crippen LogP contribution in [0.1, 0.15) is 62.0 Å². The minimum absolute atomic E-state index is 0.00217. The number of alkyl halides is 3. The molecule has 2 amide bonds. The molecule has 2 N–H and O–H groups in total. The van der Waals surface area contributed by atoms with Gasteiger partial charge in [-0.3, -0.25) is 15.1 Å². The van der Waals surface area contributed by atoms with E-state index < -0.39 is 23.9 Å². The number of carbonyl (C=O) groups is 2. The van der Waals surface area contributed by atoms with E-state index in [1.807, 2.05) is 0 Å². The van der Waals surface area contributed by atoms with Crippen LogP contribution in [0.5, 0.6) is 0 Å². The van der Waals surface area contributed by atoms with Crippen LogP contribution in [0.2, 0.25) is 0 Å². The molecule has 1 aliphatic carbocycles. The number of ether oxygens (including phenoxy) is 1. The van der Waals surface area contributed by atoms with Crippen LogP contribution >= 0.6 is 0 Å². The number of aryl methyl sites for hydroxylation is 1. The number of amides is 2. The number of benzene rings is 1. The Bertz CT molecular complexity index is 1250. The second-order valence-corrected chi connectivity index (χ2v) is 8.99. The summed E-state index contributed by atoms with van der Waals surface area (Å²) in [4.78, 5) is 29.4. The second kappa shape index (κ2) is 11.0. The predicted molar refractivity (Wildman–Crippen MR) is 130 cm³/mol. The van der Waals surface area contributed by atoms with Gasteiger partial charge in [-0.15, -0.1) is 0 Å². The van der Waals surface area contributed by atoms with E-state index in [9.17, 15) is 22.8 Å². The molecular formula is C26H27F3N4O4. The Morgan fingerprint density at radius 2 is 1.81 bits per heavy atom. The molecular weight excluding hydrogens is 489 g/mol. The highest BCUT2D eigenvalue weighted by molar-refractivity contribution is 5.93. The number of carbonyl (C=O) groups excluding carboxylic acids is 2. The Morgan fingerprint density at radius 3 is 2.49 bits per heavy atom. The first-order valence-corrected chi connectivity index (χ1v) is 12.0. The van der Waals surface area contributed by atoms with Gasteiger partial charge in [0.05, 0.1) is 17.4 Å². The van der Waals surface area contributed by atoms with E-state index in [1.165, 1.54) is 31.3 Å². The summed E-state index contributed by atoms with van der Waals surface area (Å²) in [5.74, 6) is 0.108. The Balaban J connectivity index is 1.44. The maximum atomic E-state index is 13.3. The van der Waals surface area contributed by atoms with Gasteiger partial charge in [0.25, 0.3) is 0 Å². The van der Waals surface area contributed by atoms with Gasteiger partial charge in [0.1, 0.15) is 23.2 Å². The van der Waals surface area contributed by atoms with Gasteiger partial charge < -0.3 is 14.6 Å². The van der Waals surface area contributed by atoms with Crippen molar-refractivity contribution in [2.75, 3.05) is 10.6 Å². The van der Waals surface area contributed by atoms with Crippen LogP contribution in [0.3, 0.4) is 0 Å². The first-order valence-electron chi connectivity index (χ1n) is 12.0. The topological polar surface area (TPSA) is 106 Å². The molecule has 4 rings (SSSR count). The highest BCUT2D eigenvalue weighted by atomic mass is 19.4. The van der Waals surface area contributed by atoms with Gasteiger partial charge in [-0.1, -0.05) is 42.6 Å².